The van der Waals surface area contributed by atoms with Gasteiger partial charge in [-0.2, -0.15) is 0 Å². The van der Waals surface area contributed by atoms with Gasteiger partial charge in [0.1, 0.15) is 5.01 Å². The highest BCUT2D eigenvalue weighted by atomic mass is 35.5. The molecule has 6 nitrogen and oxygen atoms in total. The van der Waals surface area contributed by atoms with Gasteiger partial charge in [-0.25, -0.2) is 14.2 Å². The lowest BCUT2D eigenvalue weighted by molar-refractivity contribution is -0.133. The second-order valence-corrected chi connectivity index (χ2v) is 7.63. The quantitative estimate of drug-likeness (QED) is 0.500. The topological polar surface area (TPSA) is 68.7 Å². The number of amides is 1. The summed E-state index contributed by atoms with van der Waals surface area (Å²) in [5.74, 6) is -1.50. The third kappa shape index (κ3) is 5.34. The Kier molecular flexibility index (Phi) is 7.02. The van der Waals surface area contributed by atoms with E-state index in [1.165, 1.54) is 35.5 Å². The van der Waals surface area contributed by atoms with E-state index in [9.17, 15) is 14.0 Å². The summed E-state index contributed by atoms with van der Waals surface area (Å²) in [5.41, 5.74) is 1.53. The second-order valence-electron chi connectivity index (χ2n) is 6.34. The van der Waals surface area contributed by atoms with E-state index in [2.05, 4.69) is 4.98 Å². The van der Waals surface area contributed by atoms with Crippen LogP contribution in [0.15, 0.2) is 47.8 Å². The van der Waals surface area contributed by atoms with Crippen LogP contribution in [0.2, 0.25) is 5.02 Å². The second kappa shape index (κ2) is 9.69. The number of hydrogen-bond acceptors (Lipinski definition) is 6. The number of methoxy groups -OCH3 is 1. The van der Waals surface area contributed by atoms with Crippen molar-refractivity contribution in [1.29, 1.82) is 0 Å². The van der Waals surface area contributed by atoms with Gasteiger partial charge in [0.2, 0.25) is 0 Å². The molecule has 0 N–H and O–H groups in total. The summed E-state index contributed by atoms with van der Waals surface area (Å²) in [6.45, 7) is -0.281. The highest BCUT2D eigenvalue weighted by molar-refractivity contribution is 7.13. The number of likely N-dealkylation sites (N-methyl/N-ethyl adjacent to an activating group) is 1. The molecule has 9 heteroatoms. The fraction of sp³-hybridized carbons (Fsp3) is 0.190. The van der Waals surface area contributed by atoms with E-state index < -0.39 is 24.3 Å². The third-order valence-electron chi connectivity index (χ3n) is 4.19. The standard InChI is InChI=1S/C21H18ClFN2O4S/c1-25(10-13-3-8-18(28-2)16(23)9-13)19(26)11-29-21(27)17-12-30-20(24-17)14-4-6-15(22)7-5-14/h3-9,12H,10-11H2,1-2H3. The number of carbonyl (C=O) groups is 2. The number of benzene rings is 2. The number of ether oxygens (including phenoxy) is 2. The summed E-state index contributed by atoms with van der Waals surface area (Å²) in [7, 11) is 2.92. The molecule has 30 heavy (non-hydrogen) atoms. The molecule has 0 saturated carbocycles. The normalized spacial score (nSPS) is 10.5. The minimum atomic E-state index is -0.691. The summed E-state index contributed by atoms with van der Waals surface area (Å²) < 4.78 is 23.7. The largest absolute Gasteiger partial charge is 0.494 e. The van der Waals surface area contributed by atoms with Gasteiger partial charge in [0.15, 0.2) is 23.9 Å². The number of thiazole rings is 1. The Morgan fingerprint density at radius 1 is 1.20 bits per heavy atom. The maximum Gasteiger partial charge on any atom is 0.358 e. The van der Waals surface area contributed by atoms with Crippen molar-refractivity contribution in [2.75, 3.05) is 20.8 Å². The van der Waals surface area contributed by atoms with Gasteiger partial charge in [0, 0.05) is 29.6 Å². The molecule has 0 atom stereocenters. The van der Waals surface area contributed by atoms with E-state index in [0.717, 1.165) is 5.56 Å². The lowest BCUT2D eigenvalue weighted by Gasteiger charge is -2.17. The van der Waals surface area contributed by atoms with E-state index in [1.807, 2.05) is 0 Å². The average Bonchev–Trinajstić information content (AvgIpc) is 3.22. The molecule has 0 radical (unpaired) electrons. The van der Waals surface area contributed by atoms with Crippen molar-refractivity contribution in [3.8, 4) is 16.3 Å². The minimum absolute atomic E-state index is 0.123. The fourth-order valence-corrected chi connectivity index (χ4v) is 3.50. The SMILES string of the molecule is COc1ccc(CN(C)C(=O)COC(=O)c2csc(-c3ccc(Cl)cc3)n2)cc1F. The molecule has 1 amide bonds. The Bertz CT molecular complexity index is 1060. The lowest BCUT2D eigenvalue weighted by Crippen LogP contribution is -2.30. The molecule has 1 heterocycles. The number of esters is 1. The first-order chi connectivity index (χ1) is 14.4. The van der Waals surface area contributed by atoms with Crippen LogP contribution < -0.4 is 4.74 Å². The van der Waals surface area contributed by atoms with Crippen LogP contribution in [0.4, 0.5) is 4.39 Å². The van der Waals surface area contributed by atoms with Crippen molar-refractivity contribution in [3.63, 3.8) is 0 Å². The van der Waals surface area contributed by atoms with Crippen LogP contribution in [0.1, 0.15) is 16.1 Å². The number of nitrogens with zero attached hydrogens (tertiary/aromatic N) is 2. The van der Waals surface area contributed by atoms with Gasteiger partial charge >= 0.3 is 5.97 Å². The Labute approximate surface area is 181 Å². The van der Waals surface area contributed by atoms with Gasteiger partial charge in [-0.05, 0) is 29.8 Å². The Morgan fingerprint density at radius 2 is 1.93 bits per heavy atom. The molecule has 1 aromatic heterocycles. The zero-order valence-corrected chi connectivity index (χ0v) is 17.8. The molecule has 3 aromatic rings. The monoisotopic (exact) mass is 448 g/mol. The minimum Gasteiger partial charge on any atom is -0.494 e. The van der Waals surface area contributed by atoms with Crippen molar-refractivity contribution in [1.82, 2.24) is 9.88 Å². The summed E-state index contributed by atoms with van der Waals surface area (Å²) in [6, 6.07) is 11.5. The van der Waals surface area contributed by atoms with Gasteiger partial charge in [0.05, 0.1) is 7.11 Å². The molecular weight excluding hydrogens is 431 g/mol. The van der Waals surface area contributed by atoms with E-state index in [-0.39, 0.29) is 18.0 Å². The van der Waals surface area contributed by atoms with Gasteiger partial charge in [-0.3, -0.25) is 4.79 Å². The maximum absolute atomic E-state index is 13.8. The number of aromatic nitrogens is 1. The van der Waals surface area contributed by atoms with Crippen LogP contribution in [-0.4, -0.2) is 42.5 Å². The molecule has 0 aliphatic heterocycles. The zero-order valence-electron chi connectivity index (χ0n) is 16.2. The zero-order chi connectivity index (χ0) is 21.7. The van der Waals surface area contributed by atoms with Crippen LogP contribution in [0.5, 0.6) is 5.75 Å². The number of hydrogen-bond donors (Lipinski definition) is 0. The summed E-state index contributed by atoms with van der Waals surface area (Å²) in [4.78, 5) is 30.1. The first-order valence-corrected chi connectivity index (χ1v) is 10.1. The van der Waals surface area contributed by atoms with Crippen LogP contribution in [-0.2, 0) is 16.1 Å². The molecule has 2 aromatic carbocycles. The Balaban J connectivity index is 1.54. The molecule has 0 fully saturated rings. The van der Waals surface area contributed by atoms with Crippen molar-refractivity contribution in [3.05, 3.63) is 69.9 Å². The maximum atomic E-state index is 13.8. The Morgan fingerprint density at radius 3 is 2.60 bits per heavy atom. The Hall–Kier alpha value is -2.97. The predicted octanol–water partition coefficient (Wildman–Crippen LogP) is 4.43. The van der Waals surface area contributed by atoms with E-state index in [0.29, 0.717) is 15.6 Å². The molecule has 0 unspecified atom stereocenters. The van der Waals surface area contributed by atoms with Crippen LogP contribution in [0.25, 0.3) is 10.6 Å². The molecule has 0 aliphatic rings. The molecule has 0 saturated heterocycles. The molecule has 0 bridgehead atoms. The van der Waals surface area contributed by atoms with Crippen LogP contribution in [0.3, 0.4) is 0 Å². The summed E-state index contributed by atoms with van der Waals surface area (Å²) in [6.07, 6.45) is 0. The number of carbonyl (C=O) groups excluding carboxylic acids is 2. The van der Waals surface area contributed by atoms with Gasteiger partial charge < -0.3 is 14.4 Å². The first kappa shape index (κ1) is 21.7. The van der Waals surface area contributed by atoms with Crippen molar-refractivity contribution < 1.29 is 23.5 Å². The highest BCUT2D eigenvalue weighted by Gasteiger charge is 2.17. The highest BCUT2D eigenvalue weighted by Crippen LogP contribution is 2.25. The van der Waals surface area contributed by atoms with Crippen molar-refractivity contribution in [2.45, 2.75) is 6.54 Å². The molecule has 3 rings (SSSR count). The van der Waals surface area contributed by atoms with Crippen molar-refractivity contribution >= 4 is 34.8 Å². The first-order valence-electron chi connectivity index (χ1n) is 8.82. The molecular formula is C21H18ClFN2O4S. The average molecular weight is 449 g/mol. The summed E-state index contributed by atoms with van der Waals surface area (Å²) >= 11 is 7.16. The van der Waals surface area contributed by atoms with Gasteiger partial charge in [-0.1, -0.05) is 29.8 Å². The smallest absolute Gasteiger partial charge is 0.358 e. The van der Waals surface area contributed by atoms with E-state index in [1.54, 1.807) is 42.8 Å². The van der Waals surface area contributed by atoms with Gasteiger partial charge in [-0.15, -0.1) is 11.3 Å². The number of halogens is 2. The van der Waals surface area contributed by atoms with Crippen molar-refractivity contribution in [2.24, 2.45) is 0 Å². The van der Waals surface area contributed by atoms with E-state index >= 15 is 0 Å². The molecule has 0 aliphatic carbocycles. The number of rotatable bonds is 7. The van der Waals surface area contributed by atoms with Crippen LogP contribution in [0, 0.1) is 5.82 Å². The predicted molar refractivity (Wildman–Crippen MR) is 112 cm³/mol. The fourth-order valence-electron chi connectivity index (χ4n) is 2.57. The van der Waals surface area contributed by atoms with E-state index in [4.69, 9.17) is 21.1 Å². The third-order valence-corrected chi connectivity index (χ3v) is 5.34. The van der Waals surface area contributed by atoms with Crippen LogP contribution >= 0.6 is 22.9 Å². The lowest BCUT2D eigenvalue weighted by atomic mass is 10.2. The molecule has 0 spiro atoms. The van der Waals surface area contributed by atoms with Gasteiger partial charge in [0.25, 0.3) is 5.91 Å². The molecule has 156 valence electrons. The summed E-state index contributed by atoms with van der Waals surface area (Å²) in [5, 5.41) is 2.82.